The molecule has 0 aliphatic carbocycles. The molecule has 0 bridgehead atoms. The van der Waals surface area contributed by atoms with Crippen LogP contribution >= 0.6 is 0 Å². The Hall–Kier alpha value is -1.78. The maximum atomic E-state index is 13.4. The highest BCUT2D eigenvalue weighted by atomic mass is 19.1. The van der Waals surface area contributed by atoms with Crippen molar-refractivity contribution >= 4 is 17.3 Å². The van der Waals surface area contributed by atoms with E-state index in [1.807, 2.05) is 4.90 Å². The van der Waals surface area contributed by atoms with Gasteiger partial charge in [-0.15, -0.1) is 0 Å². The Morgan fingerprint density at radius 2 is 2.06 bits per heavy atom. The molecule has 16 heavy (non-hydrogen) atoms. The highest BCUT2D eigenvalue weighted by molar-refractivity contribution is 5.91. The van der Waals surface area contributed by atoms with Crippen LogP contribution in [0.1, 0.15) is 12.8 Å². The molecule has 0 atom stereocenters. The van der Waals surface area contributed by atoms with Crippen LogP contribution in [0, 0.1) is 11.2 Å². The summed E-state index contributed by atoms with van der Waals surface area (Å²) in [5.74, 6) is -0.153. The van der Waals surface area contributed by atoms with E-state index in [0.29, 0.717) is 5.69 Å². The lowest BCUT2D eigenvalue weighted by Crippen LogP contribution is -2.33. The van der Waals surface area contributed by atoms with E-state index in [0.717, 1.165) is 25.9 Å². The van der Waals surface area contributed by atoms with E-state index in [9.17, 15) is 4.39 Å². The molecule has 0 amide bonds. The van der Waals surface area contributed by atoms with E-state index in [1.54, 1.807) is 0 Å². The number of nitrogens with one attached hydrogen (secondary N) is 2. The number of anilines is 2. The first-order chi connectivity index (χ1) is 7.66. The largest absolute Gasteiger partial charge is 0.399 e. The third-order valence-electron chi connectivity index (χ3n) is 2.67. The maximum absolute atomic E-state index is 13.4. The molecule has 0 unspecified atom stereocenters. The first-order valence-electron chi connectivity index (χ1n) is 5.32. The molecule has 4 nitrogen and oxygen atoms in total. The second-order valence-electron chi connectivity index (χ2n) is 3.91. The Morgan fingerprint density at radius 3 is 2.75 bits per heavy atom. The van der Waals surface area contributed by atoms with Gasteiger partial charge in [-0.25, -0.2) is 4.39 Å². The fourth-order valence-electron chi connectivity index (χ4n) is 1.79. The van der Waals surface area contributed by atoms with Crippen molar-refractivity contribution < 1.29 is 4.39 Å². The number of nitrogen functional groups attached to an aromatic ring is 1. The van der Waals surface area contributed by atoms with Crippen LogP contribution in [0.5, 0.6) is 0 Å². The van der Waals surface area contributed by atoms with Crippen LogP contribution in [-0.2, 0) is 0 Å². The van der Waals surface area contributed by atoms with E-state index in [1.165, 1.54) is 18.2 Å². The van der Waals surface area contributed by atoms with Crippen LogP contribution in [0.3, 0.4) is 0 Å². The van der Waals surface area contributed by atoms with Crippen molar-refractivity contribution in [1.29, 1.82) is 5.41 Å². The summed E-state index contributed by atoms with van der Waals surface area (Å²) in [5.41, 5.74) is 6.31. The summed E-state index contributed by atoms with van der Waals surface area (Å²) in [6, 6.07) is 4.30. The molecule has 2 rings (SSSR count). The molecule has 0 spiro atoms. The number of hydrogen-bond donors (Lipinski definition) is 3. The lowest BCUT2D eigenvalue weighted by atomic mass is 10.2. The Kier molecular flexibility index (Phi) is 2.94. The average molecular weight is 222 g/mol. The SMILES string of the molecule is N=C(Nc1cc(N)ccc1F)N1CCCC1. The minimum absolute atomic E-state index is 0.238. The fourth-order valence-corrected chi connectivity index (χ4v) is 1.79. The molecule has 86 valence electrons. The highest BCUT2D eigenvalue weighted by Crippen LogP contribution is 2.18. The van der Waals surface area contributed by atoms with E-state index < -0.39 is 5.82 Å². The van der Waals surface area contributed by atoms with Gasteiger partial charge in [0, 0.05) is 18.8 Å². The van der Waals surface area contributed by atoms with Gasteiger partial charge >= 0.3 is 0 Å². The third kappa shape index (κ3) is 2.24. The summed E-state index contributed by atoms with van der Waals surface area (Å²) < 4.78 is 13.4. The van der Waals surface area contributed by atoms with Crippen LogP contribution in [0.25, 0.3) is 0 Å². The van der Waals surface area contributed by atoms with Gasteiger partial charge in [-0.2, -0.15) is 0 Å². The molecule has 1 aromatic carbocycles. The molecule has 0 aromatic heterocycles. The molecular weight excluding hydrogens is 207 g/mol. The number of halogens is 1. The zero-order valence-electron chi connectivity index (χ0n) is 8.96. The van der Waals surface area contributed by atoms with Gasteiger partial charge in [0.15, 0.2) is 5.96 Å². The molecule has 0 radical (unpaired) electrons. The van der Waals surface area contributed by atoms with Crippen molar-refractivity contribution in [3.63, 3.8) is 0 Å². The topological polar surface area (TPSA) is 65.1 Å². The van der Waals surface area contributed by atoms with Crippen LogP contribution in [0.15, 0.2) is 18.2 Å². The van der Waals surface area contributed by atoms with Gasteiger partial charge in [-0.05, 0) is 31.0 Å². The number of guanidine groups is 1. The standard InChI is InChI=1S/C11H15FN4/c12-9-4-3-8(13)7-10(9)15-11(14)16-5-1-2-6-16/h3-4,7H,1-2,5-6,13H2,(H2,14,15). The smallest absolute Gasteiger partial charge is 0.195 e. The minimum atomic E-state index is -0.391. The monoisotopic (exact) mass is 222 g/mol. The average Bonchev–Trinajstić information content (AvgIpc) is 2.76. The predicted octanol–water partition coefficient (Wildman–Crippen LogP) is 1.85. The summed E-state index contributed by atoms with van der Waals surface area (Å²) in [5, 5.41) is 10.5. The van der Waals surface area contributed by atoms with Crippen LogP contribution in [0.2, 0.25) is 0 Å². The van der Waals surface area contributed by atoms with Crippen molar-refractivity contribution in [3.8, 4) is 0 Å². The number of rotatable bonds is 1. The first-order valence-corrected chi connectivity index (χ1v) is 5.32. The molecule has 1 aromatic rings. The summed E-state index contributed by atoms with van der Waals surface area (Å²) in [6.07, 6.45) is 2.17. The highest BCUT2D eigenvalue weighted by Gasteiger charge is 2.15. The van der Waals surface area contributed by atoms with E-state index >= 15 is 0 Å². The second kappa shape index (κ2) is 4.38. The lowest BCUT2D eigenvalue weighted by Gasteiger charge is -2.19. The van der Waals surface area contributed by atoms with Crippen molar-refractivity contribution in [1.82, 2.24) is 4.90 Å². The molecular formula is C11H15FN4. The van der Waals surface area contributed by atoms with Crippen LogP contribution < -0.4 is 11.1 Å². The number of benzene rings is 1. The Balaban J connectivity index is 2.07. The van der Waals surface area contributed by atoms with Crippen molar-refractivity contribution in [2.24, 2.45) is 0 Å². The zero-order chi connectivity index (χ0) is 11.5. The Labute approximate surface area is 93.8 Å². The van der Waals surface area contributed by atoms with Crippen molar-refractivity contribution in [2.45, 2.75) is 12.8 Å². The quantitative estimate of drug-likeness (QED) is 0.386. The zero-order valence-corrected chi connectivity index (χ0v) is 8.96. The number of hydrogen-bond acceptors (Lipinski definition) is 2. The first kappa shape index (κ1) is 10.7. The summed E-state index contributed by atoms with van der Waals surface area (Å²) >= 11 is 0. The van der Waals surface area contributed by atoms with Crippen molar-refractivity contribution in [3.05, 3.63) is 24.0 Å². The van der Waals surface area contributed by atoms with E-state index in [4.69, 9.17) is 11.1 Å². The van der Waals surface area contributed by atoms with Gasteiger partial charge in [0.2, 0.25) is 0 Å². The normalized spacial score (nSPS) is 15.2. The van der Waals surface area contributed by atoms with Gasteiger partial charge in [-0.3, -0.25) is 5.41 Å². The molecule has 1 heterocycles. The van der Waals surface area contributed by atoms with E-state index in [2.05, 4.69) is 5.32 Å². The van der Waals surface area contributed by atoms with Crippen LogP contribution in [0.4, 0.5) is 15.8 Å². The molecule has 1 saturated heterocycles. The molecule has 0 saturated carbocycles. The van der Waals surface area contributed by atoms with Gasteiger partial charge < -0.3 is 16.0 Å². The summed E-state index contributed by atoms with van der Waals surface area (Å²) in [4.78, 5) is 1.89. The number of nitrogens with zero attached hydrogens (tertiary/aromatic N) is 1. The molecule has 5 heteroatoms. The summed E-state index contributed by atoms with van der Waals surface area (Å²) in [6.45, 7) is 1.71. The molecule has 1 aliphatic heterocycles. The third-order valence-corrected chi connectivity index (χ3v) is 2.67. The van der Waals surface area contributed by atoms with Gasteiger partial charge in [0.05, 0.1) is 5.69 Å². The Morgan fingerprint density at radius 1 is 1.38 bits per heavy atom. The molecule has 4 N–H and O–H groups in total. The Bertz CT molecular complexity index is 399. The molecule has 1 fully saturated rings. The van der Waals surface area contributed by atoms with Crippen LogP contribution in [-0.4, -0.2) is 23.9 Å². The lowest BCUT2D eigenvalue weighted by molar-refractivity contribution is 0.514. The maximum Gasteiger partial charge on any atom is 0.195 e. The molecule has 1 aliphatic rings. The van der Waals surface area contributed by atoms with E-state index in [-0.39, 0.29) is 11.6 Å². The summed E-state index contributed by atoms with van der Waals surface area (Å²) in [7, 11) is 0. The van der Waals surface area contributed by atoms with Gasteiger partial charge in [-0.1, -0.05) is 0 Å². The second-order valence-corrected chi connectivity index (χ2v) is 3.91. The minimum Gasteiger partial charge on any atom is -0.399 e. The van der Waals surface area contributed by atoms with Crippen molar-refractivity contribution in [2.75, 3.05) is 24.1 Å². The fraction of sp³-hybridized carbons (Fsp3) is 0.364. The number of nitrogens with two attached hydrogens (primary N) is 1. The number of likely N-dealkylation sites (tertiary alicyclic amines) is 1. The van der Waals surface area contributed by atoms with Gasteiger partial charge in [0.25, 0.3) is 0 Å². The van der Waals surface area contributed by atoms with Gasteiger partial charge in [0.1, 0.15) is 5.82 Å². The predicted molar refractivity (Wildman–Crippen MR) is 63.0 cm³/mol.